The summed E-state index contributed by atoms with van der Waals surface area (Å²) in [6, 6.07) is 5.07. The van der Waals surface area contributed by atoms with Crippen molar-refractivity contribution in [1.29, 1.82) is 0 Å². The van der Waals surface area contributed by atoms with Crippen LogP contribution in [0.25, 0.3) is 0 Å². The molecular formula is C18H28N2O3S. The molecule has 0 saturated carbocycles. The van der Waals surface area contributed by atoms with Crippen molar-refractivity contribution in [2.45, 2.75) is 57.9 Å². The first-order valence-electron chi connectivity index (χ1n) is 8.56. The minimum Gasteiger partial charge on any atom is -0.343 e. The number of carbonyl (C=O) groups is 1. The summed E-state index contributed by atoms with van der Waals surface area (Å²) in [6.07, 6.45) is 1.88. The molecule has 1 aromatic carbocycles. The molecule has 0 bridgehead atoms. The minimum absolute atomic E-state index is 0.111. The summed E-state index contributed by atoms with van der Waals surface area (Å²) < 4.78 is 27.9. The van der Waals surface area contributed by atoms with Crippen LogP contribution in [-0.4, -0.2) is 38.4 Å². The summed E-state index contributed by atoms with van der Waals surface area (Å²) in [5.74, 6) is 0.513. The first-order valence-corrected chi connectivity index (χ1v) is 10.0. The van der Waals surface area contributed by atoms with Gasteiger partial charge < -0.3 is 4.90 Å². The van der Waals surface area contributed by atoms with Crippen LogP contribution in [0.3, 0.4) is 0 Å². The molecular weight excluding hydrogens is 324 g/mol. The summed E-state index contributed by atoms with van der Waals surface area (Å²) in [4.78, 5) is 14.2. The van der Waals surface area contributed by atoms with Gasteiger partial charge in [-0.25, -0.2) is 13.1 Å². The van der Waals surface area contributed by atoms with E-state index in [9.17, 15) is 13.2 Å². The Morgan fingerprint density at radius 3 is 2.38 bits per heavy atom. The van der Waals surface area contributed by atoms with E-state index in [1.165, 1.54) is 0 Å². The highest BCUT2D eigenvalue weighted by atomic mass is 32.2. The van der Waals surface area contributed by atoms with Crippen LogP contribution in [-0.2, 0) is 14.8 Å². The SMILES string of the molecule is Cc1ccc(S(=O)(=O)NC2CCN(C(=O)CC(C)C)CC2)cc1C. The highest BCUT2D eigenvalue weighted by Crippen LogP contribution is 2.18. The normalized spacial score (nSPS) is 16.6. The summed E-state index contributed by atoms with van der Waals surface area (Å²) in [6.45, 7) is 9.16. The highest BCUT2D eigenvalue weighted by Gasteiger charge is 2.26. The number of piperidine rings is 1. The van der Waals surface area contributed by atoms with Crippen LogP contribution in [0.4, 0.5) is 0 Å². The molecule has 134 valence electrons. The molecule has 0 radical (unpaired) electrons. The molecule has 0 spiro atoms. The molecule has 1 N–H and O–H groups in total. The monoisotopic (exact) mass is 352 g/mol. The van der Waals surface area contributed by atoms with Crippen LogP contribution in [0.2, 0.25) is 0 Å². The number of rotatable bonds is 5. The lowest BCUT2D eigenvalue weighted by atomic mass is 10.0. The molecule has 1 amide bonds. The van der Waals surface area contributed by atoms with E-state index in [0.29, 0.717) is 43.2 Å². The average Bonchev–Trinajstić information content (AvgIpc) is 2.49. The maximum atomic E-state index is 12.5. The van der Waals surface area contributed by atoms with E-state index >= 15 is 0 Å². The number of sulfonamides is 1. The van der Waals surface area contributed by atoms with E-state index in [4.69, 9.17) is 0 Å². The molecule has 5 nitrogen and oxygen atoms in total. The predicted molar refractivity (Wildman–Crippen MR) is 95.3 cm³/mol. The van der Waals surface area contributed by atoms with Gasteiger partial charge in [0.05, 0.1) is 4.90 Å². The largest absolute Gasteiger partial charge is 0.343 e. The van der Waals surface area contributed by atoms with Gasteiger partial charge in [-0.1, -0.05) is 19.9 Å². The molecule has 0 aliphatic carbocycles. The molecule has 1 aromatic rings. The molecule has 1 aliphatic rings. The van der Waals surface area contributed by atoms with Crippen molar-refractivity contribution in [3.05, 3.63) is 29.3 Å². The smallest absolute Gasteiger partial charge is 0.240 e. The Morgan fingerprint density at radius 2 is 1.83 bits per heavy atom. The summed E-state index contributed by atoms with van der Waals surface area (Å²) in [5.41, 5.74) is 2.04. The first-order chi connectivity index (χ1) is 11.2. The number of nitrogens with one attached hydrogen (secondary N) is 1. The number of likely N-dealkylation sites (tertiary alicyclic amines) is 1. The number of carbonyl (C=O) groups excluding carboxylic acids is 1. The lowest BCUT2D eigenvalue weighted by Gasteiger charge is -2.32. The number of hydrogen-bond donors (Lipinski definition) is 1. The Hall–Kier alpha value is -1.40. The Kier molecular flexibility index (Phi) is 6.04. The van der Waals surface area contributed by atoms with Gasteiger partial charge in [-0.2, -0.15) is 0 Å². The summed E-state index contributed by atoms with van der Waals surface area (Å²) in [5, 5.41) is 0. The fourth-order valence-electron chi connectivity index (χ4n) is 2.89. The standard InChI is InChI=1S/C18H28N2O3S/c1-13(2)11-18(21)20-9-7-16(8-10-20)19-24(22,23)17-6-5-14(3)15(4)12-17/h5-6,12-13,16,19H,7-11H2,1-4H3. The molecule has 0 unspecified atom stereocenters. The van der Waals surface area contributed by atoms with Crippen LogP contribution in [0.1, 0.15) is 44.2 Å². The Bertz CT molecular complexity index is 690. The van der Waals surface area contributed by atoms with Gasteiger partial charge in [-0.05, 0) is 55.9 Å². The van der Waals surface area contributed by atoms with Crippen molar-refractivity contribution in [1.82, 2.24) is 9.62 Å². The van der Waals surface area contributed by atoms with Crippen LogP contribution >= 0.6 is 0 Å². The molecule has 6 heteroatoms. The molecule has 24 heavy (non-hydrogen) atoms. The number of hydrogen-bond acceptors (Lipinski definition) is 3. The quantitative estimate of drug-likeness (QED) is 0.886. The topological polar surface area (TPSA) is 66.5 Å². The van der Waals surface area contributed by atoms with Crippen LogP contribution in [0, 0.1) is 19.8 Å². The Balaban J connectivity index is 1.95. The third-order valence-electron chi connectivity index (χ3n) is 4.54. The zero-order valence-electron chi connectivity index (χ0n) is 15.0. The van der Waals surface area contributed by atoms with Gasteiger partial charge in [0.25, 0.3) is 0 Å². The van der Waals surface area contributed by atoms with E-state index < -0.39 is 10.0 Å². The second-order valence-electron chi connectivity index (χ2n) is 7.12. The van der Waals surface area contributed by atoms with Crippen molar-refractivity contribution in [2.75, 3.05) is 13.1 Å². The van der Waals surface area contributed by atoms with E-state index in [-0.39, 0.29) is 11.9 Å². The maximum absolute atomic E-state index is 12.5. The molecule has 0 aromatic heterocycles. The minimum atomic E-state index is -3.51. The molecule has 1 heterocycles. The number of nitrogens with zero attached hydrogens (tertiary/aromatic N) is 1. The van der Waals surface area contributed by atoms with Gasteiger partial charge in [0.2, 0.25) is 15.9 Å². The number of benzene rings is 1. The van der Waals surface area contributed by atoms with Crippen molar-refractivity contribution in [3.63, 3.8) is 0 Å². The molecule has 2 rings (SSSR count). The van der Waals surface area contributed by atoms with Gasteiger partial charge >= 0.3 is 0 Å². The van der Waals surface area contributed by atoms with Crippen molar-refractivity contribution in [3.8, 4) is 0 Å². The molecule has 1 fully saturated rings. The van der Waals surface area contributed by atoms with Crippen molar-refractivity contribution in [2.24, 2.45) is 5.92 Å². The third kappa shape index (κ3) is 4.80. The predicted octanol–water partition coefficient (Wildman–Crippen LogP) is 2.62. The molecule has 0 atom stereocenters. The van der Waals surface area contributed by atoms with Crippen molar-refractivity contribution >= 4 is 15.9 Å². The van der Waals surface area contributed by atoms with E-state index in [1.54, 1.807) is 12.1 Å². The lowest BCUT2D eigenvalue weighted by molar-refractivity contribution is -0.133. The summed E-state index contributed by atoms with van der Waals surface area (Å²) >= 11 is 0. The maximum Gasteiger partial charge on any atom is 0.240 e. The summed E-state index contributed by atoms with van der Waals surface area (Å²) in [7, 11) is -3.51. The van der Waals surface area contributed by atoms with E-state index in [1.807, 2.05) is 38.7 Å². The molecule has 1 aliphatic heterocycles. The van der Waals surface area contributed by atoms with Crippen LogP contribution in [0.15, 0.2) is 23.1 Å². The van der Waals surface area contributed by atoms with Crippen LogP contribution < -0.4 is 4.72 Å². The Morgan fingerprint density at radius 1 is 1.21 bits per heavy atom. The van der Waals surface area contributed by atoms with Crippen LogP contribution in [0.5, 0.6) is 0 Å². The van der Waals surface area contributed by atoms with Crippen molar-refractivity contribution < 1.29 is 13.2 Å². The Labute approximate surface area is 145 Å². The fourth-order valence-corrected chi connectivity index (χ4v) is 4.28. The fraction of sp³-hybridized carbons (Fsp3) is 0.611. The lowest BCUT2D eigenvalue weighted by Crippen LogP contribution is -2.46. The number of aryl methyl sites for hydroxylation is 2. The van der Waals surface area contributed by atoms with E-state index in [2.05, 4.69) is 4.72 Å². The average molecular weight is 353 g/mol. The highest BCUT2D eigenvalue weighted by molar-refractivity contribution is 7.89. The first kappa shape index (κ1) is 18.9. The van der Waals surface area contributed by atoms with Gasteiger partial charge in [-0.15, -0.1) is 0 Å². The third-order valence-corrected chi connectivity index (χ3v) is 6.06. The molecule has 1 saturated heterocycles. The zero-order chi connectivity index (χ0) is 17.9. The second kappa shape index (κ2) is 7.66. The zero-order valence-corrected chi connectivity index (χ0v) is 15.8. The van der Waals surface area contributed by atoms with Gasteiger partial charge in [0, 0.05) is 25.6 Å². The van der Waals surface area contributed by atoms with Gasteiger partial charge in [-0.3, -0.25) is 4.79 Å². The number of amides is 1. The van der Waals surface area contributed by atoms with Gasteiger partial charge in [0.1, 0.15) is 0 Å². The van der Waals surface area contributed by atoms with E-state index in [0.717, 1.165) is 11.1 Å². The van der Waals surface area contributed by atoms with Gasteiger partial charge in [0.15, 0.2) is 0 Å². The second-order valence-corrected chi connectivity index (χ2v) is 8.83.